The molecule has 1 fully saturated rings. The van der Waals surface area contributed by atoms with Gasteiger partial charge in [0.15, 0.2) is 0 Å². The highest BCUT2D eigenvalue weighted by Gasteiger charge is 2.28. The Bertz CT molecular complexity index is 1200. The van der Waals surface area contributed by atoms with E-state index in [0.717, 1.165) is 34.3 Å². The Morgan fingerprint density at radius 2 is 1.97 bits per heavy atom. The van der Waals surface area contributed by atoms with Gasteiger partial charge in [-0.25, -0.2) is 5.84 Å². The van der Waals surface area contributed by atoms with Gasteiger partial charge >= 0.3 is 6.43 Å². The monoisotopic (exact) mass is 497 g/mol. The highest BCUT2D eigenvalue weighted by Crippen LogP contribution is 2.32. The summed E-state index contributed by atoms with van der Waals surface area (Å²) in [5.41, 5.74) is 5.41. The van der Waals surface area contributed by atoms with Gasteiger partial charge in [-0.1, -0.05) is 41.9 Å². The third-order valence-corrected chi connectivity index (χ3v) is 6.55. The van der Waals surface area contributed by atoms with Crippen molar-refractivity contribution in [3.05, 3.63) is 82.6 Å². The number of hydrazine groups is 1. The standard InChI is InChI=1S/C26H26ClF2N5O/c27-21-5-7-24(34(31)16-30)23(14-21)20-4-6-22(32-15-20)13-17-2-1-3-19(12-17)18-8-10-33(11-9-18)26(35)25(28)29/h1-7,12,14-16,18,25,30H,8-11,13,31H2. The predicted octanol–water partition coefficient (Wildman–Crippen LogP) is 5.25. The summed E-state index contributed by atoms with van der Waals surface area (Å²) in [6.45, 7) is 0.704. The molecular formula is C26H26ClF2N5O. The maximum Gasteiger partial charge on any atom is 0.315 e. The fraction of sp³-hybridized carbons (Fsp3) is 0.269. The molecule has 1 amide bonds. The van der Waals surface area contributed by atoms with E-state index in [1.807, 2.05) is 24.3 Å². The number of likely N-dealkylation sites (tertiary alicyclic amines) is 1. The van der Waals surface area contributed by atoms with Gasteiger partial charge in [0.25, 0.3) is 5.91 Å². The average Bonchev–Trinajstić information content (AvgIpc) is 2.88. The summed E-state index contributed by atoms with van der Waals surface area (Å²) >= 11 is 6.18. The van der Waals surface area contributed by atoms with Crippen molar-refractivity contribution in [2.45, 2.75) is 31.6 Å². The number of rotatable bonds is 7. The number of hydrogen-bond acceptors (Lipinski definition) is 4. The van der Waals surface area contributed by atoms with E-state index in [-0.39, 0.29) is 5.92 Å². The van der Waals surface area contributed by atoms with Crippen LogP contribution in [0.2, 0.25) is 5.02 Å². The molecule has 0 atom stereocenters. The first-order valence-corrected chi connectivity index (χ1v) is 11.7. The number of amides is 1. The summed E-state index contributed by atoms with van der Waals surface area (Å²) < 4.78 is 25.4. The first-order valence-electron chi connectivity index (χ1n) is 11.3. The molecule has 0 radical (unpaired) electrons. The quantitative estimate of drug-likeness (QED) is 0.202. The topological polar surface area (TPSA) is 86.3 Å². The lowest BCUT2D eigenvalue weighted by molar-refractivity contribution is -0.143. The van der Waals surface area contributed by atoms with Crippen LogP contribution in [0.4, 0.5) is 14.5 Å². The van der Waals surface area contributed by atoms with Crippen LogP contribution in [0.1, 0.15) is 35.6 Å². The number of anilines is 1. The molecule has 35 heavy (non-hydrogen) atoms. The Balaban J connectivity index is 1.45. The molecule has 0 unspecified atom stereocenters. The highest BCUT2D eigenvalue weighted by molar-refractivity contribution is 6.31. The average molecular weight is 498 g/mol. The van der Waals surface area contributed by atoms with Crippen LogP contribution in [-0.2, 0) is 11.2 Å². The van der Waals surface area contributed by atoms with Crippen LogP contribution < -0.4 is 10.9 Å². The van der Waals surface area contributed by atoms with E-state index in [1.165, 1.54) is 9.91 Å². The first kappa shape index (κ1) is 24.8. The minimum Gasteiger partial charge on any atom is -0.338 e. The molecular weight excluding hydrogens is 472 g/mol. The van der Waals surface area contributed by atoms with Gasteiger partial charge in [-0.2, -0.15) is 8.78 Å². The molecule has 1 aromatic heterocycles. The molecule has 4 rings (SSSR count). The van der Waals surface area contributed by atoms with E-state index < -0.39 is 12.3 Å². The Morgan fingerprint density at radius 3 is 2.63 bits per heavy atom. The Kier molecular flexibility index (Phi) is 7.73. The number of carbonyl (C=O) groups excluding carboxylic acids is 1. The van der Waals surface area contributed by atoms with Crippen molar-refractivity contribution in [2.75, 3.05) is 18.1 Å². The van der Waals surface area contributed by atoms with Gasteiger partial charge in [0.1, 0.15) is 6.34 Å². The molecule has 1 saturated heterocycles. The Labute approximate surface area is 207 Å². The molecule has 182 valence electrons. The van der Waals surface area contributed by atoms with Crippen molar-refractivity contribution in [3.8, 4) is 11.1 Å². The summed E-state index contributed by atoms with van der Waals surface area (Å²) in [7, 11) is 0. The maximum absolute atomic E-state index is 12.7. The van der Waals surface area contributed by atoms with E-state index in [0.29, 0.717) is 43.1 Å². The molecule has 1 aliphatic heterocycles. The van der Waals surface area contributed by atoms with E-state index >= 15 is 0 Å². The molecule has 2 aromatic carbocycles. The Morgan fingerprint density at radius 1 is 1.20 bits per heavy atom. The highest BCUT2D eigenvalue weighted by atomic mass is 35.5. The van der Waals surface area contributed by atoms with Crippen LogP contribution in [0, 0.1) is 5.41 Å². The van der Waals surface area contributed by atoms with E-state index in [1.54, 1.807) is 24.4 Å². The molecule has 9 heteroatoms. The zero-order valence-electron chi connectivity index (χ0n) is 19.0. The normalized spacial score (nSPS) is 14.3. The van der Waals surface area contributed by atoms with E-state index in [2.05, 4.69) is 17.1 Å². The number of aromatic nitrogens is 1. The lowest BCUT2D eigenvalue weighted by Crippen LogP contribution is -2.41. The third-order valence-electron chi connectivity index (χ3n) is 6.31. The van der Waals surface area contributed by atoms with Gasteiger partial charge in [0.2, 0.25) is 0 Å². The molecule has 0 bridgehead atoms. The molecule has 3 N–H and O–H groups in total. The number of nitrogens with two attached hydrogens (primary N) is 1. The molecule has 0 saturated carbocycles. The largest absolute Gasteiger partial charge is 0.338 e. The number of halogens is 3. The fourth-order valence-electron chi connectivity index (χ4n) is 4.46. The molecule has 6 nitrogen and oxygen atoms in total. The Hall–Kier alpha value is -3.36. The number of carbonyl (C=O) groups is 1. The predicted molar refractivity (Wildman–Crippen MR) is 134 cm³/mol. The molecule has 0 aliphatic carbocycles. The second-order valence-corrected chi connectivity index (χ2v) is 8.99. The van der Waals surface area contributed by atoms with Crippen LogP contribution >= 0.6 is 11.6 Å². The summed E-state index contributed by atoms with van der Waals surface area (Å²) in [6.07, 6.45) is 1.84. The number of pyridine rings is 1. The third kappa shape index (κ3) is 5.83. The summed E-state index contributed by atoms with van der Waals surface area (Å²) in [5.74, 6) is 5.06. The summed E-state index contributed by atoms with van der Waals surface area (Å²) in [6, 6.07) is 17.4. The number of piperidine rings is 1. The number of alkyl halides is 2. The van der Waals surface area contributed by atoms with Gasteiger partial charge in [-0.05, 0) is 54.2 Å². The van der Waals surface area contributed by atoms with Gasteiger partial charge in [-0.3, -0.25) is 20.2 Å². The molecule has 2 heterocycles. The second-order valence-electron chi connectivity index (χ2n) is 8.56. The van der Waals surface area contributed by atoms with Crippen molar-refractivity contribution in [1.29, 1.82) is 5.41 Å². The molecule has 3 aromatic rings. The maximum atomic E-state index is 12.7. The van der Waals surface area contributed by atoms with Gasteiger partial charge in [0.05, 0.1) is 5.69 Å². The zero-order chi connectivity index (χ0) is 24.9. The van der Waals surface area contributed by atoms with Crippen molar-refractivity contribution in [3.63, 3.8) is 0 Å². The van der Waals surface area contributed by atoms with E-state index in [9.17, 15) is 13.6 Å². The molecule has 0 spiro atoms. The van der Waals surface area contributed by atoms with Crippen LogP contribution in [0.3, 0.4) is 0 Å². The van der Waals surface area contributed by atoms with Crippen LogP contribution in [-0.4, -0.2) is 41.6 Å². The zero-order valence-corrected chi connectivity index (χ0v) is 19.8. The van der Waals surface area contributed by atoms with Crippen molar-refractivity contribution >= 4 is 29.5 Å². The van der Waals surface area contributed by atoms with Crippen LogP contribution in [0.25, 0.3) is 11.1 Å². The van der Waals surface area contributed by atoms with Gasteiger partial charge in [0, 0.05) is 47.6 Å². The number of nitrogens with one attached hydrogen (secondary N) is 1. The number of nitrogens with zero attached hydrogens (tertiary/aromatic N) is 3. The first-order chi connectivity index (χ1) is 16.9. The SMILES string of the molecule is N=CN(N)c1ccc(Cl)cc1-c1ccc(Cc2cccc(C3CCN(C(=O)C(F)F)CC3)c2)nc1. The fourth-order valence-corrected chi connectivity index (χ4v) is 4.63. The minimum atomic E-state index is -2.94. The lowest BCUT2D eigenvalue weighted by atomic mass is 9.88. The smallest absolute Gasteiger partial charge is 0.315 e. The molecule has 1 aliphatic rings. The second kappa shape index (κ2) is 10.9. The van der Waals surface area contributed by atoms with Crippen molar-refractivity contribution in [2.24, 2.45) is 5.84 Å². The summed E-state index contributed by atoms with van der Waals surface area (Å²) in [5, 5.41) is 9.22. The van der Waals surface area contributed by atoms with Gasteiger partial charge in [-0.15, -0.1) is 0 Å². The van der Waals surface area contributed by atoms with Crippen LogP contribution in [0.5, 0.6) is 0 Å². The van der Waals surface area contributed by atoms with Crippen molar-refractivity contribution < 1.29 is 13.6 Å². The number of benzene rings is 2. The van der Waals surface area contributed by atoms with E-state index in [4.69, 9.17) is 22.9 Å². The minimum absolute atomic E-state index is 0.237. The number of hydrogen-bond donors (Lipinski definition) is 2. The summed E-state index contributed by atoms with van der Waals surface area (Å²) in [4.78, 5) is 17.4. The lowest BCUT2D eigenvalue weighted by Gasteiger charge is -2.32. The van der Waals surface area contributed by atoms with Crippen LogP contribution in [0.15, 0.2) is 60.8 Å². The van der Waals surface area contributed by atoms with Gasteiger partial charge < -0.3 is 4.90 Å². The van der Waals surface area contributed by atoms with Crippen molar-refractivity contribution in [1.82, 2.24) is 9.88 Å².